The van der Waals surface area contributed by atoms with Gasteiger partial charge >= 0.3 is 5.97 Å². The van der Waals surface area contributed by atoms with Crippen LogP contribution in [0.3, 0.4) is 0 Å². The van der Waals surface area contributed by atoms with Gasteiger partial charge in [-0.1, -0.05) is 25.0 Å². The van der Waals surface area contributed by atoms with Gasteiger partial charge < -0.3 is 10.4 Å². The van der Waals surface area contributed by atoms with Gasteiger partial charge in [0.2, 0.25) is 5.91 Å². The first kappa shape index (κ1) is 17.3. The van der Waals surface area contributed by atoms with Gasteiger partial charge in [-0.05, 0) is 49.5 Å². The highest BCUT2D eigenvalue weighted by molar-refractivity contribution is 7.16. The van der Waals surface area contributed by atoms with Gasteiger partial charge in [0.15, 0.2) is 0 Å². The fraction of sp³-hybridized carbons (Fsp3) is 0.550. The molecule has 0 radical (unpaired) electrons. The van der Waals surface area contributed by atoms with Gasteiger partial charge in [0.25, 0.3) is 0 Å². The van der Waals surface area contributed by atoms with Crippen LogP contribution < -0.4 is 5.32 Å². The maximum absolute atomic E-state index is 12.9. The van der Waals surface area contributed by atoms with Crippen molar-refractivity contribution in [2.45, 2.75) is 44.9 Å². The van der Waals surface area contributed by atoms with Crippen LogP contribution in [0, 0.1) is 35.0 Å². The van der Waals surface area contributed by atoms with Gasteiger partial charge in [-0.3, -0.25) is 9.59 Å². The largest absolute Gasteiger partial charge is 0.481 e. The summed E-state index contributed by atoms with van der Waals surface area (Å²) in [6, 6.07) is 2.28. The van der Waals surface area contributed by atoms with E-state index in [0.717, 1.165) is 37.7 Å². The Morgan fingerprint density at radius 3 is 2.50 bits per heavy atom. The molecule has 0 aromatic carbocycles. The number of nitrogens with zero attached hydrogens (tertiary/aromatic N) is 1. The number of hydrogen-bond acceptors (Lipinski definition) is 4. The number of anilines is 1. The molecule has 0 spiro atoms. The van der Waals surface area contributed by atoms with E-state index in [9.17, 15) is 20.0 Å². The molecule has 26 heavy (non-hydrogen) atoms. The molecule has 4 rings (SSSR count). The van der Waals surface area contributed by atoms with Gasteiger partial charge in [-0.25, -0.2) is 0 Å². The zero-order chi connectivity index (χ0) is 18.3. The van der Waals surface area contributed by atoms with E-state index in [1.807, 2.05) is 12.2 Å². The lowest BCUT2D eigenvalue weighted by atomic mass is 9.82. The quantitative estimate of drug-likeness (QED) is 0.793. The van der Waals surface area contributed by atoms with E-state index in [4.69, 9.17) is 0 Å². The normalized spacial score (nSPS) is 29.5. The number of thiophene rings is 1. The molecule has 1 heterocycles. The molecule has 3 aliphatic rings. The molecule has 0 unspecified atom stereocenters. The summed E-state index contributed by atoms with van der Waals surface area (Å²) >= 11 is 1.51. The van der Waals surface area contributed by atoms with Crippen molar-refractivity contribution in [2.24, 2.45) is 23.7 Å². The molecule has 136 valence electrons. The van der Waals surface area contributed by atoms with Crippen molar-refractivity contribution in [1.29, 1.82) is 5.26 Å². The third-order valence-corrected chi connectivity index (χ3v) is 7.27. The fourth-order valence-electron chi connectivity index (χ4n) is 4.84. The Balaban J connectivity index is 1.60. The van der Waals surface area contributed by atoms with Gasteiger partial charge in [0, 0.05) is 4.88 Å². The van der Waals surface area contributed by atoms with Crippen LogP contribution in [0.15, 0.2) is 12.2 Å². The highest BCUT2D eigenvalue weighted by Crippen LogP contribution is 2.49. The van der Waals surface area contributed by atoms with Crippen molar-refractivity contribution < 1.29 is 14.7 Å². The van der Waals surface area contributed by atoms with Crippen molar-refractivity contribution in [1.82, 2.24) is 0 Å². The molecule has 1 aromatic rings. The summed E-state index contributed by atoms with van der Waals surface area (Å²) in [5.41, 5.74) is 1.68. The Bertz CT molecular complexity index is 820. The second kappa shape index (κ2) is 6.88. The molecule has 0 saturated heterocycles. The number of fused-ring (bicyclic) bond motifs is 3. The minimum absolute atomic E-state index is 0.00683. The summed E-state index contributed by atoms with van der Waals surface area (Å²) in [7, 11) is 0. The average molecular weight is 370 g/mol. The minimum atomic E-state index is -0.902. The number of allylic oxidation sites excluding steroid dienone is 2. The fourth-order valence-corrected chi connectivity index (χ4v) is 6.08. The standard InChI is InChI=1S/C20H22N2O3S/c21-10-14-13-5-3-1-2-4-6-15(13)26-19(14)22-18(23)16-11-7-8-12(9-11)17(16)20(24)25/h7-8,11-12,16-17H,1-6,9H2,(H,22,23)(H,24,25)/t11-,12-,16+,17+/m0/s1. The topological polar surface area (TPSA) is 90.2 Å². The highest BCUT2D eigenvalue weighted by atomic mass is 32.1. The van der Waals surface area contributed by atoms with Crippen LogP contribution in [0.25, 0.3) is 0 Å². The van der Waals surface area contributed by atoms with E-state index in [1.165, 1.54) is 29.1 Å². The molecule has 5 nitrogen and oxygen atoms in total. The highest BCUT2D eigenvalue weighted by Gasteiger charge is 2.51. The van der Waals surface area contributed by atoms with Crippen LogP contribution >= 0.6 is 11.3 Å². The summed E-state index contributed by atoms with van der Waals surface area (Å²) in [4.78, 5) is 25.8. The number of carboxylic acid groups (broad SMARTS) is 1. The molecular formula is C20H22N2O3S. The maximum Gasteiger partial charge on any atom is 0.307 e. The number of hydrogen-bond donors (Lipinski definition) is 2. The number of carbonyl (C=O) groups excluding carboxylic acids is 1. The summed E-state index contributed by atoms with van der Waals surface area (Å²) in [5.74, 6) is -2.41. The van der Waals surface area contributed by atoms with Crippen molar-refractivity contribution >= 4 is 28.2 Å². The van der Waals surface area contributed by atoms with E-state index in [1.54, 1.807) is 0 Å². The minimum Gasteiger partial charge on any atom is -0.481 e. The van der Waals surface area contributed by atoms with Crippen molar-refractivity contribution in [3.63, 3.8) is 0 Å². The zero-order valence-electron chi connectivity index (χ0n) is 14.5. The molecule has 2 N–H and O–H groups in total. The summed E-state index contributed by atoms with van der Waals surface area (Å²) in [6.45, 7) is 0. The molecule has 1 amide bonds. The lowest BCUT2D eigenvalue weighted by molar-refractivity contribution is -0.146. The van der Waals surface area contributed by atoms with Crippen LogP contribution in [0.5, 0.6) is 0 Å². The SMILES string of the molecule is N#Cc1c(NC(=O)[C@H]2[C@H](C(=O)O)[C@H]3C=C[C@H]2C3)sc2c1CCCCCC2. The number of nitriles is 1. The lowest BCUT2D eigenvalue weighted by Gasteiger charge is -2.23. The smallest absolute Gasteiger partial charge is 0.307 e. The molecular weight excluding hydrogens is 348 g/mol. The number of nitrogens with one attached hydrogen (secondary N) is 1. The maximum atomic E-state index is 12.9. The number of rotatable bonds is 3. The molecule has 2 bridgehead atoms. The first-order valence-corrected chi connectivity index (χ1v) is 10.2. The number of aliphatic carboxylic acids is 1. The van der Waals surface area contributed by atoms with Crippen LogP contribution in [0.1, 0.15) is 48.1 Å². The molecule has 3 aliphatic carbocycles. The third-order valence-electron chi connectivity index (χ3n) is 6.07. The third kappa shape index (κ3) is 2.84. The molecule has 6 heteroatoms. The Hall–Kier alpha value is -2.13. The molecule has 1 fully saturated rings. The molecule has 4 atom stereocenters. The van der Waals surface area contributed by atoms with Gasteiger partial charge in [-0.15, -0.1) is 11.3 Å². The van der Waals surface area contributed by atoms with E-state index >= 15 is 0 Å². The Labute approximate surface area is 156 Å². The number of carboxylic acids is 1. The predicted molar refractivity (Wildman–Crippen MR) is 98.9 cm³/mol. The first-order valence-electron chi connectivity index (χ1n) is 9.36. The van der Waals surface area contributed by atoms with Crippen molar-refractivity contribution in [3.8, 4) is 6.07 Å². The Morgan fingerprint density at radius 1 is 1.12 bits per heavy atom. The van der Waals surface area contributed by atoms with E-state index in [0.29, 0.717) is 10.6 Å². The number of carbonyl (C=O) groups is 2. The van der Waals surface area contributed by atoms with Crippen LogP contribution in [-0.4, -0.2) is 17.0 Å². The monoisotopic (exact) mass is 370 g/mol. The number of aryl methyl sites for hydroxylation is 1. The van der Waals surface area contributed by atoms with Gasteiger partial charge in [0.1, 0.15) is 11.1 Å². The summed E-state index contributed by atoms with van der Waals surface area (Å²) in [5, 5.41) is 22.7. The zero-order valence-corrected chi connectivity index (χ0v) is 15.3. The first-order chi connectivity index (χ1) is 12.6. The van der Waals surface area contributed by atoms with Crippen LogP contribution in [0.4, 0.5) is 5.00 Å². The Morgan fingerprint density at radius 2 is 1.81 bits per heavy atom. The van der Waals surface area contributed by atoms with E-state index < -0.39 is 17.8 Å². The second-order valence-electron chi connectivity index (χ2n) is 7.56. The van der Waals surface area contributed by atoms with Crippen LogP contribution in [-0.2, 0) is 22.4 Å². The molecule has 1 saturated carbocycles. The van der Waals surface area contributed by atoms with Gasteiger partial charge in [0.05, 0.1) is 17.4 Å². The summed E-state index contributed by atoms with van der Waals surface area (Å²) < 4.78 is 0. The van der Waals surface area contributed by atoms with Crippen molar-refractivity contribution in [3.05, 3.63) is 28.2 Å². The molecule has 1 aromatic heterocycles. The van der Waals surface area contributed by atoms with E-state index in [2.05, 4.69) is 11.4 Å². The number of amides is 1. The second-order valence-corrected chi connectivity index (χ2v) is 8.67. The predicted octanol–water partition coefficient (Wildman–Crippen LogP) is 3.74. The van der Waals surface area contributed by atoms with E-state index in [-0.39, 0.29) is 17.7 Å². The van der Waals surface area contributed by atoms with Crippen LogP contribution in [0.2, 0.25) is 0 Å². The molecule has 0 aliphatic heterocycles. The average Bonchev–Trinajstić information content (AvgIpc) is 3.27. The Kier molecular flexibility index (Phi) is 4.58. The summed E-state index contributed by atoms with van der Waals surface area (Å²) in [6.07, 6.45) is 11.1. The lowest BCUT2D eigenvalue weighted by Crippen LogP contribution is -2.36. The van der Waals surface area contributed by atoms with Gasteiger partial charge in [-0.2, -0.15) is 5.26 Å². The van der Waals surface area contributed by atoms with Crippen molar-refractivity contribution in [2.75, 3.05) is 5.32 Å².